The second kappa shape index (κ2) is 3.44. The fourth-order valence-electron chi connectivity index (χ4n) is 1.08. The molecule has 1 heterocycles. The van der Waals surface area contributed by atoms with E-state index in [1.54, 1.807) is 0 Å². The predicted molar refractivity (Wildman–Crippen MR) is 54.6 cm³/mol. The first kappa shape index (κ1) is 10.2. The van der Waals surface area contributed by atoms with Gasteiger partial charge in [0, 0.05) is 5.92 Å². The molecule has 0 amide bonds. The molecule has 0 fully saturated rings. The van der Waals surface area contributed by atoms with Gasteiger partial charge in [0.15, 0.2) is 0 Å². The molecule has 0 aromatic carbocycles. The molecule has 1 rings (SSSR count). The number of aromatic nitrogens is 2. The molecule has 0 bridgehead atoms. The van der Waals surface area contributed by atoms with E-state index in [-0.39, 0.29) is 5.41 Å². The Morgan fingerprint density at radius 1 is 1.15 bits per heavy atom. The van der Waals surface area contributed by atoms with E-state index in [0.717, 1.165) is 11.4 Å². The zero-order valence-electron chi connectivity index (χ0n) is 9.13. The topological polar surface area (TPSA) is 25.8 Å². The summed E-state index contributed by atoms with van der Waals surface area (Å²) >= 11 is 0. The Morgan fingerprint density at radius 2 is 1.77 bits per heavy atom. The van der Waals surface area contributed by atoms with Crippen molar-refractivity contribution in [2.75, 3.05) is 0 Å². The van der Waals surface area contributed by atoms with Crippen molar-refractivity contribution in [2.24, 2.45) is 5.41 Å². The minimum atomic E-state index is 0.254. The van der Waals surface area contributed by atoms with E-state index >= 15 is 0 Å². The standard InChI is InChI=1S/C11H18N2/c1-8-6-7-10(13-12-8)9(2)11(3,4)5/h6-7,9H,1-5H3. The SMILES string of the molecule is Cc1ccc(C(C)C(C)(C)C)nn1. The summed E-state index contributed by atoms with van der Waals surface area (Å²) in [5, 5.41) is 8.26. The molecule has 1 unspecified atom stereocenters. The summed E-state index contributed by atoms with van der Waals surface area (Å²) < 4.78 is 0. The van der Waals surface area contributed by atoms with Gasteiger partial charge in [0.1, 0.15) is 0 Å². The first-order chi connectivity index (χ1) is 5.91. The van der Waals surface area contributed by atoms with Crippen molar-refractivity contribution in [3.63, 3.8) is 0 Å². The Morgan fingerprint density at radius 3 is 2.15 bits per heavy atom. The molecule has 0 aliphatic rings. The van der Waals surface area contributed by atoms with E-state index in [1.165, 1.54) is 0 Å². The van der Waals surface area contributed by atoms with Crippen molar-refractivity contribution in [3.05, 3.63) is 23.5 Å². The van der Waals surface area contributed by atoms with E-state index in [1.807, 2.05) is 13.0 Å². The molecule has 0 aliphatic carbocycles. The lowest BCUT2D eigenvalue weighted by Gasteiger charge is -2.26. The van der Waals surface area contributed by atoms with Crippen LogP contribution in [0.3, 0.4) is 0 Å². The number of aryl methyl sites for hydroxylation is 1. The van der Waals surface area contributed by atoms with Gasteiger partial charge >= 0.3 is 0 Å². The Bertz CT molecular complexity index is 269. The van der Waals surface area contributed by atoms with Gasteiger partial charge in [-0.2, -0.15) is 10.2 Å². The first-order valence-electron chi connectivity index (χ1n) is 4.71. The summed E-state index contributed by atoms with van der Waals surface area (Å²) in [5.41, 5.74) is 2.31. The van der Waals surface area contributed by atoms with Crippen molar-refractivity contribution < 1.29 is 0 Å². The fourth-order valence-corrected chi connectivity index (χ4v) is 1.08. The molecule has 2 nitrogen and oxygen atoms in total. The van der Waals surface area contributed by atoms with Gasteiger partial charge in [-0.3, -0.25) is 0 Å². The highest BCUT2D eigenvalue weighted by Crippen LogP contribution is 2.32. The van der Waals surface area contributed by atoms with Crippen LogP contribution in [-0.4, -0.2) is 10.2 Å². The molecule has 1 aromatic rings. The summed E-state index contributed by atoms with van der Waals surface area (Å²) in [6.45, 7) is 10.8. The number of hydrogen-bond donors (Lipinski definition) is 0. The highest BCUT2D eigenvalue weighted by atomic mass is 15.1. The molecule has 0 saturated carbocycles. The van der Waals surface area contributed by atoms with Crippen LogP contribution in [0.4, 0.5) is 0 Å². The maximum absolute atomic E-state index is 4.19. The zero-order chi connectivity index (χ0) is 10.1. The second-order valence-electron chi connectivity index (χ2n) is 4.69. The summed E-state index contributed by atoms with van der Waals surface area (Å²) in [6, 6.07) is 4.09. The fraction of sp³-hybridized carbons (Fsp3) is 0.636. The van der Waals surface area contributed by atoms with Gasteiger partial charge in [-0.15, -0.1) is 0 Å². The van der Waals surface area contributed by atoms with E-state index in [4.69, 9.17) is 0 Å². The second-order valence-corrected chi connectivity index (χ2v) is 4.69. The average molecular weight is 178 g/mol. The lowest BCUT2D eigenvalue weighted by molar-refractivity contribution is 0.332. The normalized spacial score (nSPS) is 14.2. The van der Waals surface area contributed by atoms with Gasteiger partial charge in [-0.1, -0.05) is 27.7 Å². The van der Waals surface area contributed by atoms with Crippen LogP contribution in [0.1, 0.15) is 45.0 Å². The van der Waals surface area contributed by atoms with Crippen LogP contribution in [0.5, 0.6) is 0 Å². The number of nitrogens with zero attached hydrogens (tertiary/aromatic N) is 2. The molecular weight excluding hydrogens is 160 g/mol. The van der Waals surface area contributed by atoms with Crippen LogP contribution in [0.2, 0.25) is 0 Å². The van der Waals surface area contributed by atoms with Crippen LogP contribution in [0.15, 0.2) is 12.1 Å². The quantitative estimate of drug-likeness (QED) is 0.660. The lowest BCUT2D eigenvalue weighted by Crippen LogP contribution is -2.16. The van der Waals surface area contributed by atoms with Crippen molar-refractivity contribution in [3.8, 4) is 0 Å². The van der Waals surface area contributed by atoms with Gasteiger partial charge in [0.05, 0.1) is 11.4 Å². The number of rotatable bonds is 1. The summed E-state index contributed by atoms with van der Waals surface area (Å²) in [6.07, 6.45) is 0. The molecule has 0 spiro atoms. The summed E-state index contributed by atoms with van der Waals surface area (Å²) in [7, 11) is 0. The number of hydrogen-bond acceptors (Lipinski definition) is 2. The molecular formula is C11H18N2. The minimum absolute atomic E-state index is 0.254. The highest BCUT2D eigenvalue weighted by molar-refractivity contribution is 5.11. The maximum atomic E-state index is 4.19. The predicted octanol–water partition coefficient (Wildman–Crippen LogP) is 2.93. The first-order valence-corrected chi connectivity index (χ1v) is 4.71. The van der Waals surface area contributed by atoms with E-state index in [2.05, 4.69) is 44.0 Å². The molecule has 72 valence electrons. The summed E-state index contributed by atoms with van der Waals surface area (Å²) in [4.78, 5) is 0. The van der Waals surface area contributed by atoms with Crippen LogP contribution in [0.25, 0.3) is 0 Å². The Labute approximate surface area is 80.4 Å². The third-order valence-corrected chi connectivity index (χ3v) is 2.56. The largest absolute Gasteiger partial charge is 0.156 e. The lowest BCUT2D eigenvalue weighted by atomic mass is 9.80. The molecule has 2 heteroatoms. The van der Waals surface area contributed by atoms with Gasteiger partial charge in [0.25, 0.3) is 0 Å². The van der Waals surface area contributed by atoms with Gasteiger partial charge in [0.2, 0.25) is 0 Å². The van der Waals surface area contributed by atoms with Crippen LogP contribution in [-0.2, 0) is 0 Å². The molecule has 13 heavy (non-hydrogen) atoms. The molecule has 1 aromatic heterocycles. The van der Waals surface area contributed by atoms with Crippen molar-refractivity contribution >= 4 is 0 Å². The third kappa shape index (κ3) is 2.51. The summed E-state index contributed by atoms with van der Waals surface area (Å²) in [5.74, 6) is 0.445. The van der Waals surface area contributed by atoms with Crippen molar-refractivity contribution in [1.29, 1.82) is 0 Å². The molecule has 0 saturated heterocycles. The van der Waals surface area contributed by atoms with Gasteiger partial charge in [-0.25, -0.2) is 0 Å². The van der Waals surface area contributed by atoms with Gasteiger partial charge < -0.3 is 0 Å². The third-order valence-electron chi connectivity index (χ3n) is 2.56. The Hall–Kier alpha value is -0.920. The van der Waals surface area contributed by atoms with E-state index < -0.39 is 0 Å². The van der Waals surface area contributed by atoms with Crippen LogP contribution in [0, 0.1) is 12.3 Å². The molecule has 0 aliphatic heterocycles. The van der Waals surface area contributed by atoms with E-state index in [0.29, 0.717) is 5.92 Å². The monoisotopic (exact) mass is 178 g/mol. The maximum Gasteiger partial charge on any atom is 0.0664 e. The van der Waals surface area contributed by atoms with Crippen LogP contribution >= 0.6 is 0 Å². The molecule has 0 N–H and O–H groups in total. The average Bonchev–Trinajstić information content (AvgIpc) is 2.03. The van der Waals surface area contributed by atoms with Crippen molar-refractivity contribution in [2.45, 2.75) is 40.5 Å². The Kier molecular flexibility index (Phi) is 2.69. The minimum Gasteiger partial charge on any atom is -0.156 e. The van der Waals surface area contributed by atoms with Crippen LogP contribution < -0.4 is 0 Å². The van der Waals surface area contributed by atoms with Gasteiger partial charge in [-0.05, 0) is 24.5 Å². The van der Waals surface area contributed by atoms with E-state index in [9.17, 15) is 0 Å². The molecule has 0 radical (unpaired) electrons. The smallest absolute Gasteiger partial charge is 0.0664 e. The Balaban J connectivity index is 2.90. The highest BCUT2D eigenvalue weighted by Gasteiger charge is 2.22. The van der Waals surface area contributed by atoms with Crippen molar-refractivity contribution in [1.82, 2.24) is 10.2 Å². The molecule has 1 atom stereocenters. The zero-order valence-corrected chi connectivity index (χ0v) is 9.13.